The van der Waals surface area contributed by atoms with Crippen LogP contribution >= 0.6 is 0 Å². The standard InChI is InChI=1S/C11H18/c1-2-6-10-8-4-5-9-11(10)7-3-1/h4,8,10-11H,1-3,5-7,9H2/t10-,11-/m0/s1. The molecule has 0 saturated heterocycles. The van der Waals surface area contributed by atoms with Gasteiger partial charge in [0.05, 0.1) is 0 Å². The van der Waals surface area contributed by atoms with Gasteiger partial charge in [0, 0.05) is 0 Å². The molecule has 1 fully saturated rings. The molecule has 11 heavy (non-hydrogen) atoms. The smallest absolute Gasteiger partial charge is 0.0205 e. The van der Waals surface area contributed by atoms with Crippen LogP contribution in [0.15, 0.2) is 12.2 Å². The lowest BCUT2D eigenvalue weighted by Gasteiger charge is -2.25. The average molecular weight is 150 g/mol. The Morgan fingerprint density at radius 2 is 1.82 bits per heavy atom. The molecule has 2 atom stereocenters. The summed E-state index contributed by atoms with van der Waals surface area (Å²) in [6, 6.07) is 0. The monoisotopic (exact) mass is 150 g/mol. The van der Waals surface area contributed by atoms with Gasteiger partial charge in [0.2, 0.25) is 0 Å². The summed E-state index contributed by atoms with van der Waals surface area (Å²) >= 11 is 0. The van der Waals surface area contributed by atoms with Crippen molar-refractivity contribution in [3.63, 3.8) is 0 Å². The van der Waals surface area contributed by atoms with E-state index in [2.05, 4.69) is 12.2 Å². The molecule has 0 aliphatic heterocycles. The van der Waals surface area contributed by atoms with E-state index in [0.717, 1.165) is 11.8 Å². The molecule has 0 heteroatoms. The van der Waals surface area contributed by atoms with Crippen LogP contribution in [0.4, 0.5) is 0 Å². The molecule has 0 unspecified atom stereocenters. The number of hydrogen-bond acceptors (Lipinski definition) is 0. The predicted molar refractivity (Wildman–Crippen MR) is 48.4 cm³/mol. The van der Waals surface area contributed by atoms with Crippen molar-refractivity contribution in [2.24, 2.45) is 11.8 Å². The minimum Gasteiger partial charge on any atom is -0.0882 e. The molecule has 2 aliphatic carbocycles. The van der Waals surface area contributed by atoms with E-state index in [1.165, 1.54) is 44.9 Å². The highest BCUT2D eigenvalue weighted by Crippen LogP contribution is 2.35. The Kier molecular flexibility index (Phi) is 2.30. The first-order valence-corrected chi connectivity index (χ1v) is 5.13. The highest BCUT2D eigenvalue weighted by molar-refractivity contribution is 4.97. The molecule has 0 amide bonds. The number of rotatable bonds is 0. The van der Waals surface area contributed by atoms with E-state index in [9.17, 15) is 0 Å². The molecular weight excluding hydrogens is 132 g/mol. The first-order valence-electron chi connectivity index (χ1n) is 5.13. The third-order valence-corrected chi connectivity index (χ3v) is 3.31. The maximum absolute atomic E-state index is 2.49. The second kappa shape index (κ2) is 3.42. The lowest BCUT2D eigenvalue weighted by Crippen LogP contribution is -2.13. The van der Waals surface area contributed by atoms with E-state index in [4.69, 9.17) is 0 Å². The Morgan fingerprint density at radius 1 is 0.909 bits per heavy atom. The highest BCUT2D eigenvalue weighted by Gasteiger charge is 2.22. The van der Waals surface area contributed by atoms with Crippen LogP contribution in [0.1, 0.15) is 44.9 Å². The zero-order valence-electron chi connectivity index (χ0n) is 7.26. The van der Waals surface area contributed by atoms with Gasteiger partial charge in [-0.2, -0.15) is 0 Å². The van der Waals surface area contributed by atoms with Gasteiger partial charge in [-0.3, -0.25) is 0 Å². The van der Waals surface area contributed by atoms with Gasteiger partial charge in [-0.1, -0.05) is 31.4 Å². The number of fused-ring (bicyclic) bond motifs is 1. The first kappa shape index (κ1) is 7.39. The van der Waals surface area contributed by atoms with Crippen molar-refractivity contribution in [3.05, 3.63) is 12.2 Å². The predicted octanol–water partition coefficient (Wildman–Crippen LogP) is 3.53. The molecule has 2 rings (SSSR count). The van der Waals surface area contributed by atoms with Gasteiger partial charge in [-0.25, -0.2) is 0 Å². The normalized spacial score (nSPS) is 37.8. The van der Waals surface area contributed by atoms with Crippen molar-refractivity contribution in [1.29, 1.82) is 0 Å². The second-order valence-corrected chi connectivity index (χ2v) is 4.07. The molecular formula is C11H18. The average Bonchev–Trinajstić information content (AvgIpc) is 2.28. The fourth-order valence-corrected chi connectivity index (χ4v) is 2.61. The summed E-state index contributed by atoms with van der Waals surface area (Å²) in [6.07, 6.45) is 15.1. The van der Waals surface area contributed by atoms with Gasteiger partial charge in [-0.15, -0.1) is 0 Å². The SMILES string of the molecule is C1=C[C@@H]2CCCCC[C@H]2CC1. The van der Waals surface area contributed by atoms with Crippen molar-refractivity contribution in [3.8, 4) is 0 Å². The first-order chi connectivity index (χ1) is 5.47. The third-order valence-electron chi connectivity index (χ3n) is 3.31. The van der Waals surface area contributed by atoms with Crippen LogP contribution in [0, 0.1) is 11.8 Å². The van der Waals surface area contributed by atoms with Crippen LogP contribution in [0.25, 0.3) is 0 Å². The van der Waals surface area contributed by atoms with Gasteiger partial charge in [0.15, 0.2) is 0 Å². The summed E-state index contributed by atoms with van der Waals surface area (Å²) in [5, 5.41) is 0. The zero-order valence-corrected chi connectivity index (χ0v) is 7.26. The molecule has 2 aliphatic rings. The topological polar surface area (TPSA) is 0 Å². The molecule has 0 aromatic carbocycles. The molecule has 0 heterocycles. The molecule has 0 aromatic rings. The van der Waals surface area contributed by atoms with E-state index >= 15 is 0 Å². The van der Waals surface area contributed by atoms with Crippen LogP contribution in [-0.2, 0) is 0 Å². The van der Waals surface area contributed by atoms with Crippen LogP contribution in [0.3, 0.4) is 0 Å². The number of allylic oxidation sites excluding steroid dienone is 2. The Labute approximate surface area is 69.7 Å². The molecule has 0 N–H and O–H groups in total. The summed E-state index contributed by atoms with van der Waals surface area (Å²) in [5.41, 5.74) is 0. The van der Waals surface area contributed by atoms with E-state index in [0.29, 0.717) is 0 Å². The van der Waals surface area contributed by atoms with Crippen molar-refractivity contribution in [1.82, 2.24) is 0 Å². The summed E-state index contributed by atoms with van der Waals surface area (Å²) in [5.74, 6) is 2.02. The lowest BCUT2D eigenvalue weighted by atomic mass is 9.81. The summed E-state index contributed by atoms with van der Waals surface area (Å²) in [4.78, 5) is 0. The Morgan fingerprint density at radius 3 is 2.82 bits per heavy atom. The van der Waals surface area contributed by atoms with Crippen LogP contribution < -0.4 is 0 Å². The van der Waals surface area contributed by atoms with Gasteiger partial charge >= 0.3 is 0 Å². The molecule has 0 nitrogen and oxygen atoms in total. The summed E-state index contributed by atoms with van der Waals surface area (Å²) in [7, 11) is 0. The van der Waals surface area contributed by atoms with E-state index in [1.54, 1.807) is 0 Å². The van der Waals surface area contributed by atoms with Crippen LogP contribution in [-0.4, -0.2) is 0 Å². The largest absolute Gasteiger partial charge is 0.0882 e. The van der Waals surface area contributed by atoms with Gasteiger partial charge < -0.3 is 0 Å². The van der Waals surface area contributed by atoms with Crippen LogP contribution in [0.2, 0.25) is 0 Å². The quantitative estimate of drug-likeness (QED) is 0.463. The summed E-state index contributed by atoms with van der Waals surface area (Å²) < 4.78 is 0. The molecule has 0 spiro atoms. The van der Waals surface area contributed by atoms with E-state index in [1.807, 2.05) is 0 Å². The fourth-order valence-electron chi connectivity index (χ4n) is 2.61. The molecule has 0 radical (unpaired) electrons. The summed E-state index contributed by atoms with van der Waals surface area (Å²) in [6.45, 7) is 0. The third kappa shape index (κ3) is 1.66. The Balaban J connectivity index is 2.02. The van der Waals surface area contributed by atoms with E-state index < -0.39 is 0 Å². The minimum absolute atomic E-state index is 0.964. The molecule has 1 saturated carbocycles. The molecule has 62 valence electrons. The fraction of sp³-hybridized carbons (Fsp3) is 0.818. The van der Waals surface area contributed by atoms with Gasteiger partial charge in [-0.05, 0) is 37.5 Å². The van der Waals surface area contributed by atoms with Crippen LogP contribution in [0.5, 0.6) is 0 Å². The van der Waals surface area contributed by atoms with Gasteiger partial charge in [0.25, 0.3) is 0 Å². The maximum atomic E-state index is 2.49. The van der Waals surface area contributed by atoms with Crippen molar-refractivity contribution in [2.75, 3.05) is 0 Å². The van der Waals surface area contributed by atoms with Crippen molar-refractivity contribution >= 4 is 0 Å². The Hall–Kier alpha value is -0.260. The molecule has 0 bridgehead atoms. The maximum Gasteiger partial charge on any atom is -0.0205 e. The van der Waals surface area contributed by atoms with E-state index in [-0.39, 0.29) is 0 Å². The highest BCUT2D eigenvalue weighted by atomic mass is 14.3. The Bertz CT molecular complexity index is 146. The van der Waals surface area contributed by atoms with Crippen molar-refractivity contribution < 1.29 is 0 Å². The zero-order chi connectivity index (χ0) is 7.52. The molecule has 0 aromatic heterocycles. The number of hydrogen-bond donors (Lipinski definition) is 0. The van der Waals surface area contributed by atoms with Crippen molar-refractivity contribution in [2.45, 2.75) is 44.9 Å². The lowest BCUT2D eigenvalue weighted by molar-refractivity contribution is 0.337. The second-order valence-electron chi connectivity index (χ2n) is 4.07. The van der Waals surface area contributed by atoms with Gasteiger partial charge in [0.1, 0.15) is 0 Å². The minimum atomic E-state index is 0.964.